The van der Waals surface area contributed by atoms with Gasteiger partial charge in [-0.3, -0.25) is 0 Å². The van der Waals surface area contributed by atoms with Crippen molar-refractivity contribution in [3.8, 4) is 0 Å². The van der Waals surface area contributed by atoms with E-state index in [4.69, 9.17) is 0 Å². The molecule has 1 fully saturated rings. The largest absolute Gasteiger partial charge is 0.183 e. The van der Waals surface area contributed by atoms with Crippen molar-refractivity contribution in [1.82, 2.24) is 5.43 Å². The summed E-state index contributed by atoms with van der Waals surface area (Å²) in [5, 5.41) is 4.15. The molecule has 10 heavy (non-hydrogen) atoms. The zero-order valence-electron chi connectivity index (χ0n) is 6.80. The van der Waals surface area contributed by atoms with Crippen molar-refractivity contribution in [3.05, 3.63) is 0 Å². The van der Waals surface area contributed by atoms with Gasteiger partial charge in [0.1, 0.15) is 12.6 Å². The molecule has 0 amide bonds. The third kappa shape index (κ3) is 1.69. The van der Waals surface area contributed by atoms with Gasteiger partial charge in [-0.2, -0.15) is 10.1 Å². The number of nitrogens with zero attached hydrogens (tertiary/aromatic N) is 2. The van der Waals surface area contributed by atoms with Crippen LogP contribution in [0, 0.1) is 0 Å². The van der Waals surface area contributed by atoms with Gasteiger partial charge in [0.2, 0.25) is 0 Å². The van der Waals surface area contributed by atoms with Crippen molar-refractivity contribution in [2.75, 3.05) is 13.6 Å². The summed E-state index contributed by atoms with van der Waals surface area (Å²) >= 11 is 0. The van der Waals surface area contributed by atoms with Gasteiger partial charge in [0.05, 0.1) is 12.3 Å². The Morgan fingerprint density at radius 3 is 2.70 bits per heavy atom. The minimum Gasteiger partial charge on any atom is -0.183 e. The summed E-state index contributed by atoms with van der Waals surface area (Å²) in [5.74, 6) is 0. The van der Waals surface area contributed by atoms with Crippen molar-refractivity contribution in [2.24, 2.45) is 5.22 Å². The van der Waals surface area contributed by atoms with Crippen molar-refractivity contribution in [1.29, 1.82) is 0 Å². The normalized spacial score (nSPS) is 20.4. The van der Waals surface area contributed by atoms with Crippen LogP contribution in [-0.2, 0) is 0 Å². The summed E-state index contributed by atoms with van der Waals surface area (Å²) in [5.41, 5.74) is 2.95. The third-order valence-electron chi connectivity index (χ3n) is 1.99. The average Bonchev–Trinajstić information content (AvgIpc) is 1.79. The maximum absolute atomic E-state index is 4.15. The Balaban J connectivity index is 2.23. The van der Waals surface area contributed by atoms with Gasteiger partial charge in [-0.1, -0.05) is 0 Å². The molecule has 1 N–H and O–H groups in total. The Labute approximate surface area is 62.1 Å². The van der Waals surface area contributed by atoms with Crippen LogP contribution in [0.1, 0.15) is 26.2 Å². The molecule has 3 nitrogen and oxygen atoms in total. The molecule has 3 heteroatoms. The second-order valence-electron chi connectivity index (χ2n) is 2.77. The molecule has 0 unspecified atom stereocenters. The van der Waals surface area contributed by atoms with Gasteiger partial charge < -0.3 is 0 Å². The van der Waals surface area contributed by atoms with E-state index in [1.165, 1.54) is 19.3 Å². The Morgan fingerprint density at radius 2 is 2.30 bits per heavy atom. The lowest BCUT2D eigenvalue weighted by Gasteiger charge is -2.21. The van der Waals surface area contributed by atoms with Crippen LogP contribution in [0.2, 0.25) is 0 Å². The summed E-state index contributed by atoms with van der Waals surface area (Å²) in [6.07, 6.45) is 3.99. The minimum atomic E-state index is 0.707. The zero-order valence-corrected chi connectivity index (χ0v) is 6.80. The molecule has 0 aromatic heterocycles. The van der Waals surface area contributed by atoms with Gasteiger partial charge in [0.15, 0.2) is 0 Å². The fraction of sp³-hybridized carbons (Fsp3) is 1.00. The van der Waals surface area contributed by atoms with Crippen molar-refractivity contribution in [2.45, 2.75) is 32.2 Å². The smallest absolute Gasteiger partial charge is 0.117 e. The highest BCUT2D eigenvalue weighted by atomic mass is 15.5. The fourth-order valence-corrected chi connectivity index (χ4v) is 1.02. The summed E-state index contributed by atoms with van der Waals surface area (Å²) in [6.45, 7) is 2.97. The SMILES string of the molecule is CCNN=[N+](C)C1CCC1. The highest BCUT2D eigenvalue weighted by Gasteiger charge is 2.23. The molecule has 0 saturated heterocycles. The maximum atomic E-state index is 4.15. The predicted octanol–water partition coefficient (Wildman–Crippen LogP) is 1.16. The van der Waals surface area contributed by atoms with E-state index >= 15 is 0 Å². The monoisotopic (exact) mass is 142 g/mol. The topological polar surface area (TPSA) is 27.4 Å². The van der Waals surface area contributed by atoms with Gasteiger partial charge in [-0.25, -0.2) is 0 Å². The van der Waals surface area contributed by atoms with E-state index in [0.717, 1.165) is 6.54 Å². The van der Waals surface area contributed by atoms with E-state index in [1.54, 1.807) is 0 Å². The zero-order chi connectivity index (χ0) is 7.40. The molecule has 0 bridgehead atoms. The standard InChI is InChI=1S/C7H15N3/c1-3-8-9-10(2)7-5-4-6-7/h7H,3-6H2,1-2H3/p+1. The Hall–Kier alpha value is -0.600. The van der Waals surface area contributed by atoms with Crippen LogP contribution in [-0.4, -0.2) is 24.3 Å². The number of rotatable bonds is 3. The first-order chi connectivity index (χ1) is 4.84. The quantitative estimate of drug-likeness (QED) is 0.357. The molecular formula is C7H16N3+. The number of nitrogens with one attached hydrogen (secondary N) is 1. The van der Waals surface area contributed by atoms with Gasteiger partial charge in [-0.05, 0) is 26.2 Å². The average molecular weight is 142 g/mol. The molecule has 0 atom stereocenters. The lowest BCUT2D eigenvalue weighted by molar-refractivity contribution is -0.618. The van der Waals surface area contributed by atoms with E-state index in [-0.39, 0.29) is 0 Å². The lowest BCUT2D eigenvalue weighted by Crippen LogP contribution is -2.30. The Kier molecular flexibility index (Phi) is 2.66. The van der Waals surface area contributed by atoms with E-state index in [2.05, 4.69) is 17.6 Å². The second-order valence-corrected chi connectivity index (χ2v) is 2.77. The number of hydrogen-bond acceptors (Lipinski definition) is 1. The summed E-state index contributed by atoms with van der Waals surface area (Å²) < 4.78 is 2.03. The maximum Gasteiger partial charge on any atom is 0.117 e. The first kappa shape index (κ1) is 7.51. The molecule has 0 spiro atoms. The fourth-order valence-electron chi connectivity index (χ4n) is 1.02. The van der Waals surface area contributed by atoms with Crippen LogP contribution < -0.4 is 5.43 Å². The van der Waals surface area contributed by atoms with Crippen LogP contribution in [0.4, 0.5) is 0 Å². The van der Waals surface area contributed by atoms with Crippen LogP contribution in [0.25, 0.3) is 0 Å². The molecule has 1 rings (SSSR count). The van der Waals surface area contributed by atoms with Gasteiger partial charge in [0, 0.05) is 0 Å². The van der Waals surface area contributed by atoms with Gasteiger partial charge in [0.25, 0.3) is 0 Å². The second kappa shape index (κ2) is 3.54. The molecule has 0 radical (unpaired) electrons. The molecular weight excluding hydrogens is 126 g/mol. The Bertz CT molecular complexity index is 127. The first-order valence-corrected chi connectivity index (χ1v) is 4.01. The van der Waals surface area contributed by atoms with Gasteiger partial charge >= 0.3 is 0 Å². The first-order valence-electron chi connectivity index (χ1n) is 4.01. The molecule has 1 aliphatic rings. The minimum absolute atomic E-state index is 0.707. The summed E-state index contributed by atoms with van der Waals surface area (Å²) in [7, 11) is 2.03. The molecule has 0 aliphatic heterocycles. The molecule has 0 heterocycles. The van der Waals surface area contributed by atoms with Crippen molar-refractivity contribution >= 4 is 0 Å². The van der Waals surface area contributed by atoms with Crippen molar-refractivity contribution < 1.29 is 4.70 Å². The molecule has 1 aliphatic carbocycles. The van der Waals surface area contributed by atoms with E-state index < -0.39 is 0 Å². The van der Waals surface area contributed by atoms with Crippen LogP contribution in [0.5, 0.6) is 0 Å². The summed E-state index contributed by atoms with van der Waals surface area (Å²) in [6, 6.07) is 0.707. The van der Waals surface area contributed by atoms with Gasteiger partial charge in [-0.15, -0.1) is 0 Å². The van der Waals surface area contributed by atoms with Crippen LogP contribution >= 0.6 is 0 Å². The Morgan fingerprint density at radius 1 is 1.60 bits per heavy atom. The molecule has 0 aromatic carbocycles. The van der Waals surface area contributed by atoms with Crippen LogP contribution in [0.3, 0.4) is 0 Å². The number of hydrogen-bond donors (Lipinski definition) is 1. The highest BCUT2D eigenvalue weighted by molar-refractivity contribution is 4.65. The van der Waals surface area contributed by atoms with E-state index in [1.807, 2.05) is 11.7 Å². The molecule has 0 aromatic rings. The molecule has 1 saturated carbocycles. The summed E-state index contributed by atoms with van der Waals surface area (Å²) in [4.78, 5) is 0. The third-order valence-corrected chi connectivity index (χ3v) is 1.99. The molecule has 58 valence electrons. The van der Waals surface area contributed by atoms with Crippen LogP contribution in [0.15, 0.2) is 5.22 Å². The lowest BCUT2D eigenvalue weighted by atomic mass is 9.93. The van der Waals surface area contributed by atoms with E-state index in [9.17, 15) is 0 Å². The van der Waals surface area contributed by atoms with E-state index in [0.29, 0.717) is 6.04 Å². The predicted molar refractivity (Wildman–Crippen MR) is 39.9 cm³/mol. The van der Waals surface area contributed by atoms with Crippen molar-refractivity contribution in [3.63, 3.8) is 0 Å². The highest BCUT2D eigenvalue weighted by Crippen LogP contribution is 2.20.